The monoisotopic (exact) mass is 388 g/mol. The number of anilines is 1. The molecule has 142 valence electrons. The van der Waals surface area contributed by atoms with Crippen LogP contribution in [0.4, 0.5) is 5.88 Å². The third kappa shape index (κ3) is 5.10. The van der Waals surface area contributed by atoms with Gasteiger partial charge in [-0.25, -0.2) is 0 Å². The topological polar surface area (TPSA) is 103 Å². The molecule has 0 saturated carbocycles. The highest BCUT2D eigenvalue weighted by Crippen LogP contribution is 2.24. The highest BCUT2D eigenvalue weighted by atomic mass is 32.2. The van der Waals surface area contributed by atoms with Crippen molar-refractivity contribution in [2.24, 2.45) is 0 Å². The van der Waals surface area contributed by atoms with Crippen molar-refractivity contribution in [3.05, 3.63) is 47.0 Å². The number of nitrogens with zero attached hydrogens (tertiary/aromatic N) is 3. The lowest BCUT2D eigenvalue weighted by molar-refractivity contribution is -0.115. The summed E-state index contributed by atoms with van der Waals surface area (Å²) in [7, 11) is 0. The van der Waals surface area contributed by atoms with Gasteiger partial charge in [-0.15, -0.1) is 10.2 Å². The number of carbonyl (C=O) groups is 1. The molecule has 1 aromatic carbocycles. The van der Waals surface area contributed by atoms with Crippen molar-refractivity contribution in [2.75, 3.05) is 5.32 Å². The van der Waals surface area contributed by atoms with Gasteiger partial charge in [0.05, 0.1) is 10.9 Å². The summed E-state index contributed by atoms with van der Waals surface area (Å²) < 4.78 is 16.3. The number of aromatic nitrogens is 3. The maximum absolute atomic E-state index is 12.2. The van der Waals surface area contributed by atoms with E-state index in [9.17, 15) is 4.79 Å². The van der Waals surface area contributed by atoms with E-state index in [4.69, 9.17) is 13.7 Å². The quantitative estimate of drug-likeness (QED) is 0.611. The van der Waals surface area contributed by atoms with Crippen LogP contribution < -0.4 is 10.1 Å². The Balaban J connectivity index is 1.54. The Morgan fingerprint density at radius 1 is 1.26 bits per heavy atom. The van der Waals surface area contributed by atoms with Crippen LogP contribution in [-0.4, -0.2) is 26.5 Å². The molecule has 0 bridgehead atoms. The van der Waals surface area contributed by atoms with Crippen molar-refractivity contribution >= 4 is 23.6 Å². The number of hydrogen-bond acceptors (Lipinski definition) is 8. The van der Waals surface area contributed by atoms with E-state index in [1.165, 1.54) is 0 Å². The summed E-state index contributed by atoms with van der Waals surface area (Å²) in [5.74, 6) is 1.18. The Kier molecular flexibility index (Phi) is 5.80. The van der Waals surface area contributed by atoms with Crippen molar-refractivity contribution < 1.29 is 18.5 Å². The molecular weight excluding hydrogens is 368 g/mol. The maximum Gasteiger partial charge on any atom is 0.277 e. The second kappa shape index (κ2) is 8.26. The molecule has 0 aliphatic carbocycles. The highest BCUT2D eigenvalue weighted by Gasteiger charge is 2.20. The summed E-state index contributed by atoms with van der Waals surface area (Å²) in [4.78, 5) is 12.2. The molecule has 0 fully saturated rings. The van der Waals surface area contributed by atoms with E-state index >= 15 is 0 Å². The Hall–Kier alpha value is -2.81. The molecular formula is C18H20N4O4S. The smallest absolute Gasteiger partial charge is 0.277 e. The first kappa shape index (κ1) is 19.0. The lowest BCUT2D eigenvalue weighted by Gasteiger charge is -2.08. The van der Waals surface area contributed by atoms with Crippen molar-refractivity contribution in [3.63, 3.8) is 0 Å². The lowest BCUT2D eigenvalue weighted by atomic mass is 10.1. The molecule has 27 heavy (non-hydrogen) atoms. The summed E-state index contributed by atoms with van der Waals surface area (Å²) in [6.07, 6.45) is 0. The number of aryl methyl sites for hydroxylation is 3. The Morgan fingerprint density at radius 3 is 2.81 bits per heavy atom. The molecule has 8 nitrogen and oxygen atoms in total. The largest absolute Gasteiger partial charge is 0.484 e. The molecule has 2 heterocycles. The molecule has 3 aromatic rings. The van der Waals surface area contributed by atoms with Gasteiger partial charge in [0.15, 0.2) is 6.61 Å². The first-order valence-electron chi connectivity index (χ1n) is 8.34. The van der Waals surface area contributed by atoms with Gasteiger partial charge in [-0.05, 0) is 44.9 Å². The molecule has 1 atom stereocenters. The van der Waals surface area contributed by atoms with Crippen molar-refractivity contribution in [1.82, 2.24) is 15.4 Å². The van der Waals surface area contributed by atoms with E-state index < -0.39 is 5.25 Å². The SMILES string of the molecule is Cc1ccc(C)c(OCc2nnc(SC(C)C(=O)Nc3cc(C)no3)o2)c1. The number of amides is 1. The third-order valence-electron chi connectivity index (χ3n) is 3.66. The number of thioether (sulfide) groups is 1. The molecule has 0 spiro atoms. The van der Waals surface area contributed by atoms with Gasteiger partial charge in [0.1, 0.15) is 5.75 Å². The Labute approximate surface area is 160 Å². The van der Waals surface area contributed by atoms with Gasteiger partial charge < -0.3 is 13.7 Å². The van der Waals surface area contributed by atoms with Crippen molar-refractivity contribution in [2.45, 2.75) is 44.8 Å². The molecule has 0 saturated heterocycles. The normalized spacial score (nSPS) is 12.0. The summed E-state index contributed by atoms with van der Waals surface area (Å²) in [6.45, 7) is 7.65. The van der Waals surface area contributed by atoms with Gasteiger partial charge in [0, 0.05) is 6.07 Å². The first-order chi connectivity index (χ1) is 12.9. The molecule has 9 heteroatoms. The van der Waals surface area contributed by atoms with Crippen LogP contribution in [-0.2, 0) is 11.4 Å². The second-order valence-electron chi connectivity index (χ2n) is 6.10. The van der Waals surface area contributed by atoms with Gasteiger partial charge in [0.2, 0.25) is 11.8 Å². The molecule has 0 radical (unpaired) electrons. The molecule has 2 aromatic heterocycles. The van der Waals surface area contributed by atoms with Gasteiger partial charge in [-0.3, -0.25) is 10.1 Å². The van der Waals surface area contributed by atoms with Crippen LogP contribution >= 0.6 is 11.8 Å². The Bertz CT molecular complexity index is 937. The van der Waals surface area contributed by atoms with E-state index in [0.29, 0.717) is 22.7 Å². The molecule has 1 unspecified atom stereocenters. The van der Waals surface area contributed by atoms with Crippen LogP contribution in [0.5, 0.6) is 5.75 Å². The van der Waals surface area contributed by atoms with Gasteiger partial charge in [0.25, 0.3) is 11.1 Å². The zero-order chi connectivity index (χ0) is 19.4. The van der Waals surface area contributed by atoms with Crippen LogP contribution in [0.15, 0.2) is 38.4 Å². The molecule has 0 aliphatic rings. The van der Waals surface area contributed by atoms with Crippen LogP contribution in [0.25, 0.3) is 0 Å². The Morgan fingerprint density at radius 2 is 2.07 bits per heavy atom. The van der Waals surface area contributed by atoms with Crippen LogP contribution in [0.2, 0.25) is 0 Å². The van der Waals surface area contributed by atoms with Gasteiger partial charge in [-0.1, -0.05) is 29.1 Å². The summed E-state index contributed by atoms with van der Waals surface area (Å²) in [5, 5.41) is 14.1. The first-order valence-corrected chi connectivity index (χ1v) is 9.22. The predicted molar refractivity (Wildman–Crippen MR) is 99.7 cm³/mol. The van der Waals surface area contributed by atoms with E-state index in [1.807, 2.05) is 32.0 Å². The van der Waals surface area contributed by atoms with Crippen molar-refractivity contribution in [1.29, 1.82) is 0 Å². The van der Waals surface area contributed by atoms with E-state index in [1.54, 1.807) is 19.9 Å². The van der Waals surface area contributed by atoms with Gasteiger partial charge >= 0.3 is 0 Å². The number of rotatable bonds is 7. The number of nitrogens with one attached hydrogen (secondary N) is 1. The lowest BCUT2D eigenvalue weighted by Crippen LogP contribution is -2.22. The third-order valence-corrected chi connectivity index (χ3v) is 4.60. The zero-order valence-electron chi connectivity index (χ0n) is 15.5. The zero-order valence-corrected chi connectivity index (χ0v) is 16.3. The minimum atomic E-state index is -0.455. The minimum Gasteiger partial charge on any atom is -0.484 e. The summed E-state index contributed by atoms with van der Waals surface area (Å²) in [5.41, 5.74) is 2.83. The number of carbonyl (C=O) groups excluding carboxylic acids is 1. The molecule has 1 N–H and O–H groups in total. The standard InChI is InChI=1S/C18H20N4O4S/c1-10-5-6-11(2)14(7-10)24-9-16-20-21-18(25-16)27-13(4)17(23)19-15-8-12(3)22-26-15/h5-8,13H,9H2,1-4H3,(H,19,23). The van der Waals surface area contributed by atoms with Crippen LogP contribution in [0.3, 0.4) is 0 Å². The fourth-order valence-electron chi connectivity index (χ4n) is 2.20. The summed E-state index contributed by atoms with van der Waals surface area (Å²) >= 11 is 1.16. The molecule has 0 aliphatic heterocycles. The van der Waals surface area contributed by atoms with Gasteiger partial charge in [-0.2, -0.15) is 0 Å². The fourth-order valence-corrected chi connectivity index (χ4v) is 2.90. The number of hydrogen-bond donors (Lipinski definition) is 1. The van der Waals surface area contributed by atoms with Crippen LogP contribution in [0, 0.1) is 20.8 Å². The predicted octanol–water partition coefficient (Wildman–Crippen LogP) is 3.68. The second-order valence-corrected chi connectivity index (χ2v) is 7.39. The average Bonchev–Trinajstić information content (AvgIpc) is 3.24. The maximum atomic E-state index is 12.2. The fraction of sp³-hybridized carbons (Fsp3) is 0.333. The summed E-state index contributed by atoms with van der Waals surface area (Å²) in [6, 6.07) is 7.62. The minimum absolute atomic E-state index is 0.162. The van der Waals surface area contributed by atoms with E-state index in [-0.39, 0.29) is 12.5 Å². The van der Waals surface area contributed by atoms with Crippen LogP contribution in [0.1, 0.15) is 29.6 Å². The molecule has 1 amide bonds. The van der Waals surface area contributed by atoms with E-state index in [0.717, 1.165) is 28.6 Å². The van der Waals surface area contributed by atoms with Crippen molar-refractivity contribution in [3.8, 4) is 5.75 Å². The number of benzene rings is 1. The number of ether oxygens (including phenoxy) is 1. The highest BCUT2D eigenvalue weighted by molar-refractivity contribution is 8.00. The molecule has 3 rings (SSSR count). The average molecular weight is 388 g/mol. The van der Waals surface area contributed by atoms with E-state index in [2.05, 4.69) is 20.7 Å².